The van der Waals surface area contributed by atoms with Crippen LogP contribution in [0.2, 0.25) is 0 Å². The number of aliphatic imine (C=N–C) groups is 1. The highest BCUT2D eigenvalue weighted by Gasteiger charge is 2.47. The topological polar surface area (TPSA) is 36.4 Å². The van der Waals surface area contributed by atoms with Crippen molar-refractivity contribution in [3.63, 3.8) is 0 Å². The Labute approximate surface area is 357 Å². The predicted molar refractivity (Wildman–Crippen MR) is 251 cm³/mol. The van der Waals surface area contributed by atoms with Gasteiger partial charge in [0.15, 0.2) is 0 Å². The van der Waals surface area contributed by atoms with Crippen LogP contribution in [0.4, 0.5) is 0 Å². The molecule has 11 rings (SSSR count). The molecular formula is C58H43N3. The maximum absolute atomic E-state index is 5.53. The van der Waals surface area contributed by atoms with Gasteiger partial charge in [-0.1, -0.05) is 212 Å². The monoisotopic (exact) mass is 781 g/mol. The van der Waals surface area contributed by atoms with Gasteiger partial charge in [0, 0.05) is 5.56 Å². The molecule has 3 nitrogen and oxygen atoms in total. The number of hydrogen-bond donors (Lipinski definition) is 2. The average molecular weight is 782 g/mol. The molecule has 9 aromatic carbocycles. The molecule has 1 aliphatic carbocycles. The summed E-state index contributed by atoms with van der Waals surface area (Å²) in [5.74, 6) is 0.846. The van der Waals surface area contributed by atoms with Crippen molar-refractivity contribution in [1.82, 2.24) is 10.6 Å². The Hall–Kier alpha value is -7.59. The van der Waals surface area contributed by atoms with Gasteiger partial charge in [-0.05, 0) is 102 Å². The number of nitrogens with zero attached hydrogens (tertiary/aromatic N) is 1. The van der Waals surface area contributed by atoms with Gasteiger partial charge in [-0.2, -0.15) is 0 Å². The molecule has 0 spiro atoms. The standard InChI is InChI=1S/C58H43N3/c1-6-20-40(21-7-1)45-37-46(41-22-8-2-9-23-41)39-47(38-45)57-60-55(42-24-10-3-11-25-42)59-56(61-57)44-27-18-26-43(36-44)50-33-19-34-52-51-32-16-17-35-53(51)58(54(50)52,48-28-12-4-13-29-48)49-30-14-5-15-31-49/h1-39,55,57,60H,(H,59,61). The molecule has 0 radical (unpaired) electrons. The predicted octanol–water partition coefficient (Wildman–Crippen LogP) is 13.4. The summed E-state index contributed by atoms with van der Waals surface area (Å²) < 4.78 is 0. The molecule has 1 heterocycles. The van der Waals surface area contributed by atoms with Crippen LogP contribution in [0.25, 0.3) is 44.5 Å². The van der Waals surface area contributed by atoms with E-state index in [-0.39, 0.29) is 12.3 Å². The van der Waals surface area contributed by atoms with Gasteiger partial charge in [0.05, 0.1) is 5.41 Å². The lowest BCUT2D eigenvalue weighted by Gasteiger charge is -2.35. The number of benzene rings is 9. The lowest BCUT2D eigenvalue weighted by molar-refractivity contribution is 0.409. The first-order chi connectivity index (χ1) is 30.2. The van der Waals surface area contributed by atoms with Crippen LogP contribution in [0.15, 0.2) is 242 Å². The van der Waals surface area contributed by atoms with Gasteiger partial charge in [-0.3, -0.25) is 5.32 Å². The van der Waals surface area contributed by atoms with E-state index in [0.717, 1.165) is 39.2 Å². The molecule has 0 saturated carbocycles. The minimum atomic E-state index is -0.519. The summed E-state index contributed by atoms with van der Waals surface area (Å²) in [6.45, 7) is 0. The van der Waals surface area contributed by atoms with Crippen molar-refractivity contribution in [3.05, 3.63) is 276 Å². The van der Waals surface area contributed by atoms with Gasteiger partial charge < -0.3 is 5.32 Å². The lowest BCUT2D eigenvalue weighted by atomic mass is 9.66. The van der Waals surface area contributed by atoms with E-state index in [1.807, 2.05) is 0 Å². The summed E-state index contributed by atoms with van der Waals surface area (Å²) >= 11 is 0. The Morgan fingerprint density at radius 2 is 0.836 bits per heavy atom. The molecule has 1 aliphatic heterocycles. The SMILES string of the molecule is c1ccc(-c2cc(-c3ccccc3)cc(C3N=C(c4cccc(-c5cccc6c5C(c5ccccc5)(c5ccccc5)c5ccccc5-6)c4)NC(c4ccccc4)N3)c2)cc1. The van der Waals surface area contributed by atoms with Crippen molar-refractivity contribution in [3.8, 4) is 44.5 Å². The fourth-order valence-electron chi connectivity index (χ4n) is 9.68. The first kappa shape index (κ1) is 36.5. The summed E-state index contributed by atoms with van der Waals surface area (Å²) in [4.78, 5) is 5.53. The number of rotatable bonds is 8. The molecule has 2 N–H and O–H groups in total. The molecule has 0 amide bonds. The normalized spacial score (nSPS) is 16.2. The van der Waals surface area contributed by atoms with Crippen LogP contribution in [0, 0.1) is 0 Å². The maximum atomic E-state index is 5.53. The van der Waals surface area contributed by atoms with Gasteiger partial charge in [0.1, 0.15) is 18.2 Å². The van der Waals surface area contributed by atoms with Crippen molar-refractivity contribution < 1.29 is 0 Å². The van der Waals surface area contributed by atoms with Crippen LogP contribution in [0.5, 0.6) is 0 Å². The Balaban J connectivity index is 1.08. The van der Waals surface area contributed by atoms with E-state index >= 15 is 0 Å². The molecule has 0 aromatic heterocycles. The average Bonchev–Trinajstić information content (AvgIpc) is 3.66. The highest BCUT2D eigenvalue weighted by Crippen LogP contribution is 2.58. The van der Waals surface area contributed by atoms with Gasteiger partial charge in [0.2, 0.25) is 0 Å². The van der Waals surface area contributed by atoms with Crippen LogP contribution in [0.1, 0.15) is 51.3 Å². The van der Waals surface area contributed by atoms with Crippen LogP contribution in [0.3, 0.4) is 0 Å². The van der Waals surface area contributed by atoms with E-state index in [4.69, 9.17) is 4.99 Å². The Kier molecular flexibility index (Phi) is 9.30. The van der Waals surface area contributed by atoms with Crippen molar-refractivity contribution >= 4 is 5.84 Å². The smallest absolute Gasteiger partial charge is 0.131 e. The third kappa shape index (κ3) is 6.48. The highest BCUT2D eigenvalue weighted by atomic mass is 15.3. The fourth-order valence-corrected chi connectivity index (χ4v) is 9.68. The quantitative estimate of drug-likeness (QED) is 0.161. The Bertz CT molecular complexity index is 2920. The van der Waals surface area contributed by atoms with Crippen LogP contribution < -0.4 is 10.6 Å². The summed E-state index contributed by atoms with van der Waals surface area (Å²) in [5, 5.41) is 7.71. The van der Waals surface area contributed by atoms with Gasteiger partial charge in [0.25, 0.3) is 0 Å². The summed E-state index contributed by atoms with van der Waals surface area (Å²) in [7, 11) is 0. The van der Waals surface area contributed by atoms with Gasteiger partial charge >= 0.3 is 0 Å². The zero-order valence-electron chi connectivity index (χ0n) is 33.6. The van der Waals surface area contributed by atoms with Gasteiger partial charge in [-0.25, -0.2) is 4.99 Å². The number of fused-ring (bicyclic) bond motifs is 3. The highest BCUT2D eigenvalue weighted by molar-refractivity contribution is 6.01. The second kappa shape index (κ2) is 15.5. The third-order valence-corrected chi connectivity index (χ3v) is 12.4. The van der Waals surface area contributed by atoms with E-state index in [1.54, 1.807) is 0 Å². The van der Waals surface area contributed by atoms with E-state index < -0.39 is 5.41 Å². The molecular weight excluding hydrogens is 739 g/mol. The van der Waals surface area contributed by atoms with E-state index in [9.17, 15) is 0 Å². The van der Waals surface area contributed by atoms with Crippen molar-refractivity contribution in [2.24, 2.45) is 4.99 Å². The zero-order chi connectivity index (χ0) is 40.6. The van der Waals surface area contributed by atoms with E-state index in [1.165, 1.54) is 50.1 Å². The number of amidine groups is 1. The molecule has 2 atom stereocenters. The molecule has 2 unspecified atom stereocenters. The summed E-state index contributed by atoms with van der Waals surface area (Å²) in [6.07, 6.45) is -0.502. The summed E-state index contributed by atoms with van der Waals surface area (Å²) in [5.41, 5.74) is 17.4. The molecule has 0 saturated heterocycles. The van der Waals surface area contributed by atoms with Crippen molar-refractivity contribution in [1.29, 1.82) is 0 Å². The molecule has 0 bridgehead atoms. The molecule has 2 aliphatic rings. The zero-order valence-corrected chi connectivity index (χ0v) is 33.6. The van der Waals surface area contributed by atoms with Crippen LogP contribution in [-0.2, 0) is 5.41 Å². The number of hydrogen-bond acceptors (Lipinski definition) is 3. The largest absolute Gasteiger partial charge is 0.350 e. The fraction of sp³-hybridized carbons (Fsp3) is 0.0517. The number of nitrogens with one attached hydrogen (secondary N) is 2. The molecule has 3 heteroatoms. The Morgan fingerprint density at radius 1 is 0.361 bits per heavy atom. The first-order valence-corrected chi connectivity index (χ1v) is 21.1. The second-order valence-corrected chi connectivity index (χ2v) is 15.9. The van der Waals surface area contributed by atoms with E-state index in [0.29, 0.717) is 0 Å². The Morgan fingerprint density at radius 3 is 1.48 bits per heavy atom. The van der Waals surface area contributed by atoms with Crippen LogP contribution >= 0.6 is 0 Å². The molecule has 0 fully saturated rings. The van der Waals surface area contributed by atoms with Gasteiger partial charge in [-0.15, -0.1) is 0 Å². The summed E-state index contributed by atoms with van der Waals surface area (Å²) in [6, 6.07) is 85.6. The first-order valence-electron chi connectivity index (χ1n) is 21.1. The maximum Gasteiger partial charge on any atom is 0.131 e. The minimum Gasteiger partial charge on any atom is -0.350 e. The molecule has 290 valence electrons. The minimum absolute atomic E-state index is 0.179. The molecule has 9 aromatic rings. The van der Waals surface area contributed by atoms with Crippen LogP contribution in [-0.4, -0.2) is 5.84 Å². The lowest BCUT2D eigenvalue weighted by Crippen LogP contribution is -2.45. The molecule has 61 heavy (non-hydrogen) atoms. The van der Waals surface area contributed by atoms with E-state index in [2.05, 4.69) is 247 Å². The second-order valence-electron chi connectivity index (χ2n) is 15.9. The van der Waals surface area contributed by atoms with Crippen molar-refractivity contribution in [2.75, 3.05) is 0 Å². The van der Waals surface area contributed by atoms with Crippen molar-refractivity contribution in [2.45, 2.75) is 17.7 Å². The third-order valence-electron chi connectivity index (χ3n) is 12.4.